The zero-order valence-electron chi connectivity index (χ0n) is 16.1. The van der Waals surface area contributed by atoms with E-state index in [1.165, 1.54) is 17.8 Å². The minimum Gasteiger partial charge on any atom is -0.438 e. The highest BCUT2D eigenvalue weighted by Crippen LogP contribution is 2.32. The number of aryl methyl sites for hydroxylation is 1. The van der Waals surface area contributed by atoms with Gasteiger partial charge in [-0.05, 0) is 36.8 Å². The first-order valence-corrected chi connectivity index (χ1v) is 9.92. The number of carbonyl (C=O) groups is 1. The van der Waals surface area contributed by atoms with E-state index in [9.17, 15) is 15.3 Å². The number of carbonyl (C=O) groups excluding carboxylic acids is 1. The van der Waals surface area contributed by atoms with Gasteiger partial charge in [-0.3, -0.25) is 4.98 Å². The van der Waals surface area contributed by atoms with Gasteiger partial charge in [0.25, 0.3) is 0 Å². The highest BCUT2D eigenvalue weighted by Gasteiger charge is 2.23. The highest BCUT2D eigenvalue weighted by atomic mass is 32.2. The molecule has 0 spiro atoms. The molecule has 0 saturated heterocycles. The van der Waals surface area contributed by atoms with Crippen molar-refractivity contribution in [1.29, 1.82) is 10.5 Å². The molecule has 0 radical (unpaired) electrons. The first kappa shape index (κ1) is 20.9. The van der Waals surface area contributed by atoms with Crippen LogP contribution in [0.2, 0.25) is 0 Å². The van der Waals surface area contributed by atoms with E-state index in [0.717, 1.165) is 16.3 Å². The molecule has 0 bridgehead atoms. The second kappa shape index (κ2) is 9.59. The van der Waals surface area contributed by atoms with Crippen LogP contribution in [0.3, 0.4) is 0 Å². The maximum Gasteiger partial charge on any atom is 0.405 e. The molecule has 3 N–H and O–H groups in total. The lowest BCUT2D eigenvalue weighted by atomic mass is 10.1. The van der Waals surface area contributed by atoms with Crippen LogP contribution in [0.5, 0.6) is 0 Å². The van der Waals surface area contributed by atoms with Crippen LogP contribution < -0.4 is 5.73 Å². The number of rotatable bonds is 7. The molecule has 1 amide bonds. The van der Waals surface area contributed by atoms with Crippen molar-refractivity contribution in [3.63, 3.8) is 0 Å². The number of hydrogen-bond acceptors (Lipinski definition) is 7. The second-order valence-corrected chi connectivity index (χ2v) is 7.34. The monoisotopic (exact) mass is 418 g/mol. The van der Waals surface area contributed by atoms with Gasteiger partial charge in [-0.1, -0.05) is 24.8 Å². The molecular formula is C21H18N6O2S. The molecule has 0 aliphatic heterocycles. The number of benzene rings is 1. The molecule has 0 aliphatic rings. The first-order valence-electron chi connectivity index (χ1n) is 9.10. The lowest BCUT2D eigenvalue weighted by Crippen LogP contribution is -2.20. The van der Waals surface area contributed by atoms with Gasteiger partial charge in [0.1, 0.15) is 10.9 Å². The average molecular weight is 418 g/mol. The van der Waals surface area contributed by atoms with E-state index in [2.05, 4.69) is 27.1 Å². The van der Waals surface area contributed by atoms with Crippen LogP contribution in [-0.2, 0) is 17.6 Å². The maximum absolute atomic E-state index is 11.4. The fourth-order valence-electron chi connectivity index (χ4n) is 2.83. The molecule has 0 fully saturated rings. The Balaban J connectivity index is 1.93. The van der Waals surface area contributed by atoms with Crippen molar-refractivity contribution in [2.45, 2.75) is 35.8 Å². The number of primary amides is 1. The summed E-state index contributed by atoms with van der Waals surface area (Å²) < 4.78 is 5.29. The average Bonchev–Trinajstić information content (AvgIpc) is 3.16. The van der Waals surface area contributed by atoms with Gasteiger partial charge in [-0.25, -0.2) is 9.78 Å². The molecule has 3 rings (SSSR count). The topological polar surface area (TPSA) is 141 Å². The van der Waals surface area contributed by atoms with Crippen LogP contribution in [0.25, 0.3) is 0 Å². The van der Waals surface area contributed by atoms with Gasteiger partial charge >= 0.3 is 6.09 Å². The molecule has 0 aliphatic carbocycles. The second-order valence-electron chi connectivity index (χ2n) is 6.28. The quantitative estimate of drug-likeness (QED) is 0.596. The molecule has 2 aromatic heterocycles. The van der Waals surface area contributed by atoms with E-state index in [1.807, 2.05) is 19.1 Å². The van der Waals surface area contributed by atoms with Crippen molar-refractivity contribution < 1.29 is 9.53 Å². The number of H-pyrrole nitrogens is 1. The summed E-state index contributed by atoms with van der Waals surface area (Å²) in [6, 6.07) is 14.5. The minimum absolute atomic E-state index is 0.313. The molecule has 8 nitrogen and oxygen atoms in total. The third-order valence-electron chi connectivity index (χ3n) is 4.18. The Hall–Kier alpha value is -3.82. The number of pyridine rings is 1. The van der Waals surface area contributed by atoms with Crippen LogP contribution in [0.4, 0.5) is 4.79 Å². The SMILES string of the molecule is CCc1[nH]c(C(Cc2ccccn2)OC(N)=O)nc1Sc1cc(C#N)cc(C#N)c1. The maximum atomic E-state index is 11.4. The van der Waals surface area contributed by atoms with Gasteiger partial charge in [0, 0.05) is 28.9 Å². The Morgan fingerprint density at radius 3 is 2.57 bits per heavy atom. The fourth-order valence-corrected chi connectivity index (χ4v) is 3.89. The summed E-state index contributed by atoms with van der Waals surface area (Å²) in [7, 11) is 0. The van der Waals surface area contributed by atoms with Crippen molar-refractivity contribution >= 4 is 17.9 Å². The molecule has 30 heavy (non-hydrogen) atoms. The Morgan fingerprint density at radius 2 is 2.00 bits per heavy atom. The van der Waals surface area contributed by atoms with Crippen LogP contribution in [0.1, 0.15) is 41.4 Å². The summed E-state index contributed by atoms with van der Waals surface area (Å²) in [6.45, 7) is 1.97. The number of hydrogen-bond donors (Lipinski definition) is 2. The third kappa shape index (κ3) is 5.16. The molecule has 0 saturated carbocycles. The van der Waals surface area contributed by atoms with Crippen LogP contribution in [0, 0.1) is 22.7 Å². The van der Waals surface area contributed by atoms with Crippen LogP contribution >= 0.6 is 11.8 Å². The van der Waals surface area contributed by atoms with Crippen molar-refractivity contribution in [3.05, 3.63) is 70.9 Å². The largest absolute Gasteiger partial charge is 0.438 e. The summed E-state index contributed by atoms with van der Waals surface area (Å²) in [6.07, 6.45) is 1.00. The summed E-state index contributed by atoms with van der Waals surface area (Å²) >= 11 is 1.33. The number of imidazole rings is 1. The van der Waals surface area contributed by atoms with Crippen LogP contribution in [-0.4, -0.2) is 21.0 Å². The van der Waals surface area contributed by atoms with Gasteiger partial charge in [-0.2, -0.15) is 10.5 Å². The van der Waals surface area contributed by atoms with Crippen molar-refractivity contribution in [2.24, 2.45) is 5.73 Å². The zero-order chi connectivity index (χ0) is 21.5. The number of aromatic amines is 1. The van der Waals surface area contributed by atoms with E-state index < -0.39 is 12.2 Å². The van der Waals surface area contributed by atoms with Gasteiger partial charge < -0.3 is 15.5 Å². The van der Waals surface area contributed by atoms with E-state index in [4.69, 9.17) is 10.5 Å². The standard InChI is InChI=1S/C21H18N6O2S/c1-2-17-20(30-16-8-13(11-22)7-14(9-16)12-23)27-19(26-17)18(29-21(24)28)10-15-5-3-4-6-25-15/h3-9,18H,2,10H2,1H3,(H2,24,28)(H,26,27). The van der Waals surface area contributed by atoms with Gasteiger partial charge in [0.05, 0.1) is 23.3 Å². The fraction of sp³-hybridized carbons (Fsp3) is 0.190. The Bertz CT molecular complexity index is 1100. The third-order valence-corrected chi connectivity index (χ3v) is 5.18. The van der Waals surface area contributed by atoms with Gasteiger partial charge in [0.15, 0.2) is 6.10 Å². The van der Waals surface area contributed by atoms with E-state index in [0.29, 0.717) is 34.8 Å². The first-order chi connectivity index (χ1) is 14.5. The number of ether oxygens (including phenoxy) is 1. The Labute approximate surface area is 177 Å². The predicted octanol–water partition coefficient (Wildman–Crippen LogP) is 3.64. The number of nitrogens with one attached hydrogen (secondary N) is 1. The molecule has 1 unspecified atom stereocenters. The van der Waals surface area contributed by atoms with Gasteiger partial charge in [-0.15, -0.1) is 0 Å². The highest BCUT2D eigenvalue weighted by molar-refractivity contribution is 7.99. The number of amides is 1. The molecule has 1 atom stereocenters. The normalized spacial score (nSPS) is 11.3. The molecule has 1 aromatic carbocycles. The summed E-state index contributed by atoms with van der Waals surface area (Å²) in [5.74, 6) is 0.454. The lowest BCUT2D eigenvalue weighted by molar-refractivity contribution is 0.101. The number of nitrogens with two attached hydrogens (primary N) is 1. The van der Waals surface area contributed by atoms with Crippen molar-refractivity contribution in [2.75, 3.05) is 0 Å². The zero-order valence-corrected chi connectivity index (χ0v) is 16.9. The smallest absolute Gasteiger partial charge is 0.405 e. The van der Waals surface area contributed by atoms with Crippen molar-refractivity contribution in [3.8, 4) is 12.1 Å². The summed E-state index contributed by atoms with van der Waals surface area (Å²) in [4.78, 5) is 24.3. The molecule has 3 aromatic rings. The lowest BCUT2D eigenvalue weighted by Gasteiger charge is -2.13. The number of nitriles is 2. The van der Waals surface area contributed by atoms with E-state index in [-0.39, 0.29) is 0 Å². The van der Waals surface area contributed by atoms with E-state index in [1.54, 1.807) is 24.4 Å². The minimum atomic E-state index is -0.903. The van der Waals surface area contributed by atoms with Gasteiger partial charge in [0.2, 0.25) is 0 Å². The van der Waals surface area contributed by atoms with E-state index >= 15 is 0 Å². The molecular weight excluding hydrogens is 400 g/mol. The predicted molar refractivity (Wildman–Crippen MR) is 109 cm³/mol. The summed E-state index contributed by atoms with van der Waals surface area (Å²) in [5, 5.41) is 19.1. The number of aromatic nitrogens is 3. The molecule has 9 heteroatoms. The molecule has 2 heterocycles. The Kier molecular flexibility index (Phi) is 6.68. The van der Waals surface area contributed by atoms with Crippen LogP contribution in [0.15, 0.2) is 52.5 Å². The number of nitrogens with zero attached hydrogens (tertiary/aromatic N) is 4. The van der Waals surface area contributed by atoms with Crippen molar-refractivity contribution in [1.82, 2.24) is 15.0 Å². The summed E-state index contributed by atoms with van der Waals surface area (Å²) in [5.41, 5.74) is 7.63. The molecule has 150 valence electrons. The Morgan fingerprint density at radius 1 is 1.27 bits per heavy atom.